The Morgan fingerprint density at radius 3 is 2.74 bits per heavy atom. The molecule has 1 aliphatic carbocycles. The van der Waals surface area contributed by atoms with Crippen molar-refractivity contribution in [2.24, 2.45) is 5.73 Å². The van der Waals surface area contributed by atoms with Gasteiger partial charge in [-0.25, -0.2) is 9.97 Å². The lowest BCUT2D eigenvalue weighted by Crippen LogP contribution is -2.38. The molecule has 0 aromatic carbocycles. The van der Waals surface area contributed by atoms with Crippen molar-refractivity contribution < 1.29 is 0 Å². The number of aromatic nitrogens is 2. The Labute approximate surface area is 115 Å². The van der Waals surface area contributed by atoms with Crippen molar-refractivity contribution in [1.29, 1.82) is 0 Å². The van der Waals surface area contributed by atoms with E-state index in [0.29, 0.717) is 12.6 Å². The Morgan fingerprint density at radius 2 is 2.16 bits per heavy atom. The molecule has 1 heterocycles. The van der Waals surface area contributed by atoms with Crippen molar-refractivity contribution in [1.82, 2.24) is 9.97 Å². The standard InChI is InChI=1S/C14H25N5/c1-14(2,7-8-15)18-12-9-13(17-10-16-12)19(3)11-5-4-6-11/h9-11H,4-8,15H2,1-3H3,(H,16,17,18). The van der Waals surface area contributed by atoms with Gasteiger partial charge in [-0.3, -0.25) is 0 Å². The number of nitrogens with one attached hydrogen (secondary N) is 1. The van der Waals surface area contributed by atoms with Crippen LogP contribution in [0.25, 0.3) is 0 Å². The first-order chi connectivity index (χ1) is 9.02. The van der Waals surface area contributed by atoms with E-state index in [-0.39, 0.29) is 5.54 Å². The summed E-state index contributed by atoms with van der Waals surface area (Å²) in [4.78, 5) is 10.9. The Bertz CT molecular complexity index is 414. The highest BCUT2D eigenvalue weighted by atomic mass is 15.2. The van der Waals surface area contributed by atoms with E-state index >= 15 is 0 Å². The molecule has 1 fully saturated rings. The molecule has 5 heteroatoms. The van der Waals surface area contributed by atoms with Gasteiger partial charge in [0.2, 0.25) is 0 Å². The number of anilines is 2. The van der Waals surface area contributed by atoms with Crippen LogP contribution in [0.15, 0.2) is 12.4 Å². The quantitative estimate of drug-likeness (QED) is 0.821. The molecule has 0 amide bonds. The molecule has 19 heavy (non-hydrogen) atoms. The van der Waals surface area contributed by atoms with Crippen molar-refractivity contribution in [3.8, 4) is 0 Å². The highest BCUT2D eigenvalue weighted by molar-refractivity contribution is 5.49. The maximum absolute atomic E-state index is 5.63. The fourth-order valence-corrected chi connectivity index (χ4v) is 2.34. The highest BCUT2D eigenvalue weighted by Crippen LogP contribution is 2.28. The maximum atomic E-state index is 5.63. The Hall–Kier alpha value is -1.36. The van der Waals surface area contributed by atoms with E-state index in [1.54, 1.807) is 6.33 Å². The molecule has 5 nitrogen and oxygen atoms in total. The van der Waals surface area contributed by atoms with E-state index in [4.69, 9.17) is 5.73 Å². The van der Waals surface area contributed by atoms with Gasteiger partial charge in [0, 0.05) is 24.7 Å². The summed E-state index contributed by atoms with van der Waals surface area (Å²) in [5.41, 5.74) is 5.58. The van der Waals surface area contributed by atoms with Crippen molar-refractivity contribution >= 4 is 11.6 Å². The lowest BCUT2D eigenvalue weighted by molar-refractivity contribution is 0.399. The molecule has 0 aliphatic heterocycles. The van der Waals surface area contributed by atoms with Gasteiger partial charge in [0.15, 0.2) is 0 Å². The van der Waals surface area contributed by atoms with E-state index in [1.165, 1.54) is 19.3 Å². The summed E-state index contributed by atoms with van der Waals surface area (Å²) in [5, 5.41) is 3.43. The fourth-order valence-electron chi connectivity index (χ4n) is 2.34. The predicted octanol–water partition coefficient (Wildman–Crippen LogP) is 2.00. The van der Waals surface area contributed by atoms with Crippen molar-refractivity contribution in [2.75, 3.05) is 23.8 Å². The van der Waals surface area contributed by atoms with E-state index in [0.717, 1.165) is 18.1 Å². The van der Waals surface area contributed by atoms with Gasteiger partial charge in [-0.15, -0.1) is 0 Å². The summed E-state index contributed by atoms with van der Waals surface area (Å²) in [7, 11) is 2.11. The number of hydrogen-bond donors (Lipinski definition) is 2. The topological polar surface area (TPSA) is 67.1 Å². The first kappa shape index (κ1) is 14.1. The zero-order valence-corrected chi connectivity index (χ0v) is 12.2. The zero-order valence-electron chi connectivity index (χ0n) is 12.2. The first-order valence-electron chi connectivity index (χ1n) is 7.05. The predicted molar refractivity (Wildman–Crippen MR) is 79.4 cm³/mol. The molecule has 1 saturated carbocycles. The minimum Gasteiger partial charge on any atom is -0.365 e. The Kier molecular flexibility index (Phi) is 4.24. The second-order valence-electron chi connectivity index (χ2n) is 6.00. The third-order valence-electron chi connectivity index (χ3n) is 3.87. The molecule has 0 atom stereocenters. The molecule has 1 aliphatic rings. The van der Waals surface area contributed by atoms with Crippen LogP contribution >= 0.6 is 0 Å². The summed E-state index contributed by atoms with van der Waals surface area (Å²) in [6.07, 6.45) is 6.40. The van der Waals surface area contributed by atoms with Crippen LogP contribution in [0, 0.1) is 0 Å². The lowest BCUT2D eigenvalue weighted by Gasteiger charge is -2.35. The van der Waals surface area contributed by atoms with E-state index in [1.807, 2.05) is 6.07 Å². The molecule has 1 aromatic heterocycles. The maximum Gasteiger partial charge on any atom is 0.134 e. The van der Waals surface area contributed by atoms with Crippen LogP contribution in [0.1, 0.15) is 39.5 Å². The van der Waals surface area contributed by atoms with Crippen LogP contribution in [-0.2, 0) is 0 Å². The Morgan fingerprint density at radius 1 is 1.42 bits per heavy atom. The second kappa shape index (κ2) is 5.74. The van der Waals surface area contributed by atoms with E-state index < -0.39 is 0 Å². The lowest BCUT2D eigenvalue weighted by atomic mass is 9.92. The SMILES string of the molecule is CN(c1cc(NC(C)(C)CCN)ncn1)C1CCC1. The average Bonchev–Trinajstić information content (AvgIpc) is 2.26. The molecule has 0 bridgehead atoms. The minimum atomic E-state index is -0.0462. The van der Waals surface area contributed by atoms with Crippen molar-refractivity contribution in [3.63, 3.8) is 0 Å². The van der Waals surface area contributed by atoms with Gasteiger partial charge in [-0.1, -0.05) is 0 Å². The van der Waals surface area contributed by atoms with Gasteiger partial charge >= 0.3 is 0 Å². The molecule has 3 N–H and O–H groups in total. The monoisotopic (exact) mass is 263 g/mol. The van der Waals surface area contributed by atoms with E-state index in [9.17, 15) is 0 Å². The van der Waals surface area contributed by atoms with Crippen LogP contribution in [0.3, 0.4) is 0 Å². The minimum absolute atomic E-state index is 0.0462. The van der Waals surface area contributed by atoms with Crippen molar-refractivity contribution in [2.45, 2.75) is 51.1 Å². The van der Waals surface area contributed by atoms with Gasteiger partial charge in [-0.2, -0.15) is 0 Å². The average molecular weight is 263 g/mol. The normalized spacial score (nSPS) is 16.0. The van der Waals surface area contributed by atoms with Crippen LogP contribution in [0.4, 0.5) is 11.6 Å². The zero-order chi connectivity index (χ0) is 13.9. The molecule has 0 saturated heterocycles. The van der Waals surface area contributed by atoms with Gasteiger partial charge in [0.25, 0.3) is 0 Å². The molecule has 0 spiro atoms. The van der Waals surface area contributed by atoms with E-state index in [2.05, 4.69) is 41.1 Å². The van der Waals surface area contributed by atoms with Crippen LogP contribution in [0.5, 0.6) is 0 Å². The summed E-state index contributed by atoms with van der Waals surface area (Å²) in [5.74, 6) is 1.86. The largest absolute Gasteiger partial charge is 0.365 e. The van der Waals surface area contributed by atoms with Crippen LogP contribution in [0.2, 0.25) is 0 Å². The molecule has 0 unspecified atom stereocenters. The molecule has 0 radical (unpaired) electrons. The molecular weight excluding hydrogens is 238 g/mol. The summed E-state index contributed by atoms with van der Waals surface area (Å²) < 4.78 is 0. The molecular formula is C14H25N5. The third kappa shape index (κ3) is 3.56. The molecule has 1 aromatic rings. The van der Waals surface area contributed by atoms with Gasteiger partial charge < -0.3 is 16.0 Å². The fraction of sp³-hybridized carbons (Fsp3) is 0.714. The van der Waals surface area contributed by atoms with Crippen LogP contribution in [-0.4, -0.2) is 35.1 Å². The first-order valence-corrected chi connectivity index (χ1v) is 7.05. The molecule has 2 rings (SSSR count). The number of nitrogens with zero attached hydrogens (tertiary/aromatic N) is 3. The number of nitrogens with two attached hydrogens (primary N) is 1. The van der Waals surface area contributed by atoms with Gasteiger partial charge in [0.05, 0.1) is 0 Å². The summed E-state index contributed by atoms with van der Waals surface area (Å²) in [6, 6.07) is 2.66. The second-order valence-corrected chi connectivity index (χ2v) is 6.00. The Balaban J connectivity index is 2.06. The smallest absolute Gasteiger partial charge is 0.134 e. The summed E-state index contributed by atoms with van der Waals surface area (Å²) in [6.45, 7) is 4.94. The van der Waals surface area contributed by atoms with Gasteiger partial charge in [0.1, 0.15) is 18.0 Å². The molecule has 106 valence electrons. The van der Waals surface area contributed by atoms with Crippen molar-refractivity contribution in [3.05, 3.63) is 12.4 Å². The highest BCUT2D eigenvalue weighted by Gasteiger charge is 2.23. The number of rotatable bonds is 6. The number of hydrogen-bond acceptors (Lipinski definition) is 5. The van der Waals surface area contributed by atoms with Crippen LogP contribution < -0.4 is 16.0 Å². The summed E-state index contributed by atoms with van der Waals surface area (Å²) >= 11 is 0. The van der Waals surface area contributed by atoms with Gasteiger partial charge in [-0.05, 0) is 46.1 Å². The third-order valence-corrected chi connectivity index (χ3v) is 3.87.